The molecule has 0 heterocycles. The highest BCUT2D eigenvalue weighted by Crippen LogP contribution is 2.24. The summed E-state index contributed by atoms with van der Waals surface area (Å²) in [5, 5.41) is 12.0. The predicted octanol–water partition coefficient (Wildman–Crippen LogP) is 1.23. The van der Waals surface area contributed by atoms with Gasteiger partial charge in [0.15, 0.2) is 0 Å². The molecule has 0 aliphatic rings. The number of aromatic carboxylic acids is 1. The van der Waals surface area contributed by atoms with Crippen LogP contribution < -0.4 is 5.32 Å². The molecule has 0 aliphatic carbocycles. The van der Waals surface area contributed by atoms with Crippen LogP contribution in [0.1, 0.15) is 27.9 Å². The summed E-state index contributed by atoms with van der Waals surface area (Å²) in [4.78, 5) is 11.2. The third-order valence-electron chi connectivity index (χ3n) is 3.45. The van der Waals surface area contributed by atoms with Crippen LogP contribution in [0.15, 0.2) is 17.0 Å². The third-order valence-corrected chi connectivity index (χ3v) is 5.44. The molecule has 0 aliphatic heterocycles. The zero-order valence-electron chi connectivity index (χ0n) is 12.8. The Bertz CT molecular complexity index is 626. The van der Waals surface area contributed by atoms with Gasteiger partial charge in [0.05, 0.1) is 10.5 Å². The Labute approximate surface area is 125 Å². The van der Waals surface area contributed by atoms with Gasteiger partial charge in [-0.1, -0.05) is 0 Å². The number of hydrogen-bond donors (Lipinski definition) is 2. The van der Waals surface area contributed by atoms with E-state index in [0.29, 0.717) is 30.6 Å². The molecule has 0 unspecified atom stereocenters. The lowest BCUT2D eigenvalue weighted by Crippen LogP contribution is -2.30. The van der Waals surface area contributed by atoms with Crippen molar-refractivity contribution in [1.29, 1.82) is 0 Å². The summed E-state index contributed by atoms with van der Waals surface area (Å²) >= 11 is 0. The largest absolute Gasteiger partial charge is 0.478 e. The van der Waals surface area contributed by atoms with Gasteiger partial charge in [-0.2, -0.15) is 0 Å². The molecule has 0 radical (unpaired) electrons. The SMILES string of the molecule is CNCCCN(C)S(=O)(=O)c1cc(C(=O)O)cc(C)c1C. The molecular weight excluding hydrogens is 292 g/mol. The predicted molar refractivity (Wildman–Crippen MR) is 81.2 cm³/mol. The molecule has 1 aromatic rings. The molecule has 21 heavy (non-hydrogen) atoms. The molecule has 1 rings (SSSR count). The summed E-state index contributed by atoms with van der Waals surface area (Å²) in [5.74, 6) is -1.13. The second kappa shape index (κ2) is 7.02. The molecule has 7 heteroatoms. The van der Waals surface area contributed by atoms with E-state index >= 15 is 0 Å². The van der Waals surface area contributed by atoms with Crippen molar-refractivity contribution in [3.05, 3.63) is 28.8 Å². The van der Waals surface area contributed by atoms with Gasteiger partial charge in [-0.05, 0) is 57.1 Å². The number of aryl methyl sites for hydroxylation is 1. The van der Waals surface area contributed by atoms with Crippen LogP contribution in [0.3, 0.4) is 0 Å². The van der Waals surface area contributed by atoms with Gasteiger partial charge < -0.3 is 10.4 Å². The Balaban J connectivity index is 3.21. The third kappa shape index (κ3) is 4.03. The van der Waals surface area contributed by atoms with Gasteiger partial charge >= 0.3 is 5.97 Å². The number of nitrogens with zero attached hydrogens (tertiary/aromatic N) is 1. The van der Waals surface area contributed by atoms with Gasteiger partial charge in [0, 0.05) is 13.6 Å². The van der Waals surface area contributed by atoms with Crippen molar-refractivity contribution < 1.29 is 18.3 Å². The van der Waals surface area contributed by atoms with E-state index in [1.54, 1.807) is 20.9 Å². The monoisotopic (exact) mass is 314 g/mol. The van der Waals surface area contributed by atoms with Crippen LogP contribution in [0.4, 0.5) is 0 Å². The van der Waals surface area contributed by atoms with E-state index in [4.69, 9.17) is 5.11 Å². The van der Waals surface area contributed by atoms with E-state index in [2.05, 4.69) is 5.32 Å². The van der Waals surface area contributed by atoms with E-state index in [9.17, 15) is 13.2 Å². The van der Waals surface area contributed by atoms with E-state index in [0.717, 1.165) is 0 Å². The Hall–Kier alpha value is -1.44. The van der Waals surface area contributed by atoms with Gasteiger partial charge in [0.25, 0.3) is 0 Å². The molecule has 2 N–H and O–H groups in total. The maximum absolute atomic E-state index is 12.6. The number of benzene rings is 1. The minimum Gasteiger partial charge on any atom is -0.478 e. The lowest BCUT2D eigenvalue weighted by molar-refractivity contribution is 0.0696. The first-order chi connectivity index (χ1) is 9.71. The van der Waals surface area contributed by atoms with Gasteiger partial charge in [0.1, 0.15) is 0 Å². The summed E-state index contributed by atoms with van der Waals surface area (Å²) in [5.41, 5.74) is 1.22. The standard InChI is InChI=1S/C14H22N2O4S/c1-10-8-12(14(17)18)9-13(11(10)2)21(19,20)16(4)7-5-6-15-3/h8-9,15H,5-7H2,1-4H3,(H,17,18). The van der Waals surface area contributed by atoms with Crippen molar-refractivity contribution in [2.45, 2.75) is 25.2 Å². The lowest BCUT2D eigenvalue weighted by atomic mass is 10.1. The van der Waals surface area contributed by atoms with Crippen molar-refractivity contribution >= 4 is 16.0 Å². The first kappa shape index (κ1) is 17.6. The first-order valence-corrected chi connectivity index (χ1v) is 8.11. The maximum Gasteiger partial charge on any atom is 0.335 e. The van der Waals surface area contributed by atoms with Crippen LogP contribution in [0.25, 0.3) is 0 Å². The maximum atomic E-state index is 12.6. The van der Waals surface area contributed by atoms with E-state index in [1.165, 1.54) is 23.5 Å². The molecular formula is C14H22N2O4S. The van der Waals surface area contributed by atoms with Crippen LogP contribution in [-0.4, -0.2) is 51.0 Å². The quantitative estimate of drug-likeness (QED) is 0.739. The number of nitrogens with one attached hydrogen (secondary N) is 1. The van der Waals surface area contributed by atoms with Crippen LogP contribution in [0.2, 0.25) is 0 Å². The zero-order chi connectivity index (χ0) is 16.2. The van der Waals surface area contributed by atoms with Crippen molar-refractivity contribution in [3.8, 4) is 0 Å². The van der Waals surface area contributed by atoms with Crippen LogP contribution in [0.5, 0.6) is 0 Å². The summed E-state index contributed by atoms with van der Waals surface area (Å²) in [7, 11) is -0.375. The fourth-order valence-corrected chi connectivity index (χ4v) is 3.51. The normalized spacial score (nSPS) is 11.9. The van der Waals surface area contributed by atoms with Crippen LogP contribution in [0, 0.1) is 13.8 Å². The molecule has 0 saturated heterocycles. The Morgan fingerprint density at radius 3 is 2.48 bits per heavy atom. The molecule has 1 aromatic carbocycles. The Morgan fingerprint density at radius 2 is 1.95 bits per heavy atom. The highest BCUT2D eigenvalue weighted by Gasteiger charge is 2.24. The summed E-state index contributed by atoms with van der Waals surface area (Å²) in [6.45, 7) is 4.49. The Morgan fingerprint density at radius 1 is 1.33 bits per heavy atom. The molecule has 118 valence electrons. The molecule has 0 saturated carbocycles. The van der Waals surface area contributed by atoms with Crippen LogP contribution in [-0.2, 0) is 10.0 Å². The van der Waals surface area contributed by atoms with Crippen molar-refractivity contribution in [3.63, 3.8) is 0 Å². The fourth-order valence-electron chi connectivity index (χ4n) is 1.98. The smallest absolute Gasteiger partial charge is 0.335 e. The minimum absolute atomic E-state index is 0.0136. The topological polar surface area (TPSA) is 86.7 Å². The summed E-state index contributed by atoms with van der Waals surface area (Å²) in [6, 6.07) is 2.71. The van der Waals surface area contributed by atoms with Gasteiger partial charge in [-0.25, -0.2) is 17.5 Å². The molecule has 6 nitrogen and oxygen atoms in total. The highest BCUT2D eigenvalue weighted by atomic mass is 32.2. The number of rotatable bonds is 7. The van der Waals surface area contributed by atoms with E-state index in [1.807, 2.05) is 0 Å². The van der Waals surface area contributed by atoms with Crippen LogP contribution >= 0.6 is 0 Å². The summed E-state index contributed by atoms with van der Waals surface area (Å²) in [6.07, 6.45) is 0.683. The number of carboxylic acids is 1. The van der Waals surface area contributed by atoms with Crippen molar-refractivity contribution in [2.75, 3.05) is 27.2 Å². The second-order valence-electron chi connectivity index (χ2n) is 5.01. The molecule has 0 spiro atoms. The minimum atomic E-state index is -3.69. The molecule has 0 atom stereocenters. The average molecular weight is 314 g/mol. The van der Waals surface area contributed by atoms with Crippen molar-refractivity contribution in [2.24, 2.45) is 0 Å². The second-order valence-corrected chi connectivity index (χ2v) is 7.02. The van der Waals surface area contributed by atoms with Gasteiger partial charge in [0.2, 0.25) is 10.0 Å². The molecule has 0 aromatic heterocycles. The van der Waals surface area contributed by atoms with E-state index < -0.39 is 16.0 Å². The summed E-state index contributed by atoms with van der Waals surface area (Å²) < 4.78 is 26.4. The lowest BCUT2D eigenvalue weighted by Gasteiger charge is -2.19. The molecule has 0 bridgehead atoms. The van der Waals surface area contributed by atoms with Crippen molar-refractivity contribution in [1.82, 2.24) is 9.62 Å². The molecule has 0 amide bonds. The van der Waals surface area contributed by atoms with Gasteiger partial charge in [-0.15, -0.1) is 0 Å². The number of carboxylic acid groups (broad SMARTS) is 1. The number of carbonyl (C=O) groups is 1. The average Bonchev–Trinajstić information content (AvgIpc) is 2.41. The number of sulfonamides is 1. The van der Waals surface area contributed by atoms with Gasteiger partial charge in [-0.3, -0.25) is 0 Å². The first-order valence-electron chi connectivity index (χ1n) is 6.67. The Kier molecular flexibility index (Phi) is 5.88. The van der Waals surface area contributed by atoms with E-state index in [-0.39, 0.29) is 10.5 Å². The number of hydrogen-bond acceptors (Lipinski definition) is 4. The highest BCUT2D eigenvalue weighted by molar-refractivity contribution is 7.89. The zero-order valence-corrected chi connectivity index (χ0v) is 13.6. The molecule has 0 fully saturated rings. The fraction of sp³-hybridized carbons (Fsp3) is 0.500.